The maximum Gasteiger partial charge on any atom is 0.0373 e. The quantitative estimate of drug-likeness (QED) is 0.927. The first-order valence-corrected chi connectivity index (χ1v) is 9.70. The van der Waals surface area contributed by atoms with Crippen molar-refractivity contribution in [1.82, 2.24) is 4.90 Å². The van der Waals surface area contributed by atoms with Gasteiger partial charge in [-0.1, -0.05) is 42.5 Å². The molecule has 0 amide bonds. The van der Waals surface area contributed by atoms with Crippen molar-refractivity contribution in [3.8, 4) is 11.1 Å². The standard InChI is InChI=1S/C22H29N3/c23-20-9-11-21(12-10-20)24-13-15-25(16-14-24)22-8-4-7-19(17-22)18-5-2-1-3-6-18/h1-8,17,20-21H,9-16,23H2. The smallest absolute Gasteiger partial charge is 0.0373 e. The zero-order chi connectivity index (χ0) is 17.1. The highest BCUT2D eigenvalue weighted by atomic mass is 15.3. The van der Waals surface area contributed by atoms with Gasteiger partial charge < -0.3 is 10.6 Å². The topological polar surface area (TPSA) is 32.5 Å². The molecular formula is C22H29N3. The van der Waals surface area contributed by atoms with Gasteiger partial charge in [0, 0.05) is 44.0 Å². The Morgan fingerprint density at radius 3 is 2.12 bits per heavy atom. The Balaban J connectivity index is 1.39. The summed E-state index contributed by atoms with van der Waals surface area (Å²) < 4.78 is 0. The molecule has 0 unspecified atom stereocenters. The van der Waals surface area contributed by atoms with Gasteiger partial charge in [0.15, 0.2) is 0 Å². The first-order chi connectivity index (χ1) is 12.3. The summed E-state index contributed by atoms with van der Waals surface area (Å²) in [5.41, 5.74) is 10.0. The predicted molar refractivity (Wildman–Crippen MR) is 106 cm³/mol. The van der Waals surface area contributed by atoms with Gasteiger partial charge in [0.2, 0.25) is 0 Å². The minimum absolute atomic E-state index is 0.443. The lowest BCUT2D eigenvalue weighted by atomic mass is 9.90. The molecule has 3 nitrogen and oxygen atoms in total. The number of nitrogens with zero attached hydrogens (tertiary/aromatic N) is 2. The van der Waals surface area contributed by atoms with Crippen LogP contribution in [0.25, 0.3) is 11.1 Å². The summed E-state index contributed by atoms with van der Waals surface area (Å²) >= 11 is 0. The Bertz CT molecular complexity index is 669. The second-order valence-corrected chi connectivity index (χ2v) is 7.51. The predicted octanol–water partition coefficient (Wildman–Crippen LogP) is 3.75. The van der Waals surface area contributed by atoms with Crippen molar-refractivity contribution in [3.05, 3.63) is 54.6 Å². The minimum atomic E-state index is 0.443. The van der Waals surface area contributed by atoms with Gasteiger partial charge in [-0.15, -0.1) is 0 Å². The molecule has 0 atom stereocenters. The molecule has 0 bridgehead atoms. The SMILES string of the molecule is NC1CCC(N2CCN(c3cccc(-c4ccccc4)c3)CC2)CC1. The lowest BCUT2D eigenvalue weighted by Crippen LogP contribution is -2.51. The third-order valence-corrected chi connectivity index (χ3v) is 5.89. The minimum Gasteiger partial charge on any atom is -0.369 e. The molecule has 2 fully saturated rings. The number of hydrogen-bond donors (Lipinski definition) is 1. The van der Waals surface area contributed by atoms with Crippen LogP contribution in [0.1, 0.15) is 25.7 Å². The van der Waals surface area contributed by atoms with Crippen molar-refractivity contribution in [2.45, 2.75) is 37.8 Å². The summed E-state index contributed by atoms with van der Waals surface area (Å²) in [6.07, 6.45) is 4.96. The Morgan fingerprint density at radius 1 is 0.720 bits per heavy atom. The van der Waals surface area contributed by atoms with E-state index in [1.54, 1.807) is 0 Å². The third-order valence-electron chi connectivity index (χ3n) is 5.89. The molecule has 2 aliphatic rings. The Labute approximate surface area is 151 Å². The van der Waals surface area contributed by atoms with Crippen LogP contribution in [0.2, 0.25) is 0 Å². The van der Waals surface area contributed by atoms with Crippen molar-refractivity contribution in [2.24, 2.45) is 5.73 Å². The number of nitrogens with two attached hydrogens (primary N) is 1. The van der Waals surface area contributed by atoms with Gasteiger partial charge in [0.25, 0.3) is 0 Å². The lowest BCUT2D eigenvalue weighted by molar-refractivity contribution is 0.142. The van der Waals surface area contributed by atoms with Gasteiger partial charge in [-0.05, 0) is 48.9 Å². The van der Waals surface area contributed by atoms with Crippen LogP contribution in [-0.2, 0) is 0 Å². The molecule has 1 aliphatic heterocycles. The van der Waals surface area contributed by atoms with Gasteiger partial charge in [0.05, 0.1) is 0 Å². The number of hydrogen-bond acceptors (Lipinski definition) is 3. The van der Waals surface area contributed by atoms with Crippen molar-refractivity contribution < 1.29 is 0 Å². The van der Waals surface area contributed by atoms with Crippen molar-refractivity contribution in [2.75, 3.05) is 31.1 Å². The highest BCUT2D eigenvalue weighted by Gasteiger charge is 2.27. The van der Waals surface area contributed by atoms with E-state index in [9.17, 15) is 0 Å². The highest BCUT2D eigenvalue weighted by molar-refractivity contribution is 5.68. The van der Waals surface area contributed by atoms with E-state index in [4.69, 9.17) is 5.73 Å². The van der Waals surface area contributed by atoms with Crippen LogP contribution >= 0.6 is 0 Å². The summed E-state index contributed by atoms with van der Waals surface area (Å²) in [6.45, 7) is 4.60. The van der Waals surface area contributed by atoms with E-state index in [2.05, 4.69) is 64.4 Å². The number of piperazine rings is 1. The van der Waals surface area contributed by atoms with Crippen LogP contribution in [0.5, 0.6) is 0 Å². The maximum atomic E-state index is 6.06. The molecule has 0 aromatic heterocycles. The van der Waals surface area contributed by atoms with E-state index in [1.807, 2.05) is 0 Å². The zero-order valence-corrected chi connectivity index (χ0v) is 15.0. The molecule has 25 heavy (non-hydrogen) atoms. The summed E-state index contributed by atoms with van der Waals surface area (Å²) in [6, 6.07) is 20.9. The van der Waals surface area contributed by atoms with Gasteiger partial charge in [-0.25, -0.2) is 0 Å². The van der Waals surface area contributed by atoms with E-state index in [1.165, 1.54) is 55.6 Å². The molecule has 1 aliphatic carbocycles. The summed E-state index contributed by atoms with van der Waals surface area (Å²) in [5.74, 6) is 0. The fraction of sp³-hybridized carbons (Fsp3) is 0.455. The molecule has 2 aromatic carbocycles. The number of rotatable bonds is 3. The second kappa shape index (κ2) is 7.59. The number of anilines is 1. The molecule has 1 saturated carbocycles. The van der Waals surface area contributed by atoms with Crippen LogP contribution in [0.4, 0.5) is 5.69 Å². The summed E-state index contributed by atoms with van der Waals surface area (Å²) in [4.78, 5) is 5.24. The van der Waals surface area contributed by atoms with Gasteiger partial charge in [0.1, 0.15) is 0 Å². The summed E-state index contributed by atoms with van der Waals surface area (Å²) in [5, 5.41) is 0. The van der Waals surface area contributed by atoms with E-state index in [0.29, 0.717) is 6.04 Å². The van der Waals surface area contributed by atoms with Crippen LogP contribution in [0, 0.1) is 0 Å². The molecule has 1 heterocycles. The Hall–Kier alpha value is -1.84. The van der Waals surface area contributed by atoms with Crippen molar-refractivity contribution in [1.29, 1.82) is 0 Å². The molecule has 0 radical (unpaired) electrons. The molecule has 3 heteroatoms. The molecule has 4 rings (SSSR count). The van der Waals surface area contributed by atoms with E-state index in [0.717, 1.165) is 19.1 Å². The normalized spacial score (nSPS) is 25.1. The average Bonchev–Trinajstić information content (AvgIpc) is 2.70. The lowest BCUT2D eigenvalue weighted by Gasteiger charge is -2.42. The molecular weight excluding hydrogens is 306 g/mol. The maximum absolute atomic E-state index is 6.06. The highest BCUT2D eigenvalue weighted by Crippen LogP contribution is 2.27. The fourth-order valence-corrected chi connectivity index (χ4v) is 4.32. The molecule has 0 spiro atoms. The van der Waals surface area contributed by atoms with Crippen LogP contribution in [0.15, 0.2) is 54.6 Å². The van der Waals surface area contributed by atoms with E-state index in [-0.39, 0.29) is 0 Å². The van der Waals surface area contributed by atoms with Crippen molar-refractivity contribution in [3.63, 3.8) is 0 Å². The van der Waals surface area contributed by atoms with Crippen LogP contribution in [0.3, 0.4) is 0 Å². The Morgan fingerprint density at radius 2 is 1.40 bits per heavy atom. The van der Waals surface area contributed by atoms with E-state index >= 15 is 0 Å². The molecule has 2 aromatic rings. The third kappa shape index (κ3) is 3.88. The zero-order valence-electron chi connectivity index (χ0n) is 15.0. The van der Waals surface area contributed by atoms with Crippen LogP contribution < -0.4 is 10.6 Å². The second-order valence-electron chi connectivity index (χ2n) is 7.51. The molecule has 1 saturated heterocycles. The van der Waals surface area contributed by atoms with Gasteiger partial charge in [-0.3, -0.25) is 4.90 Å². The largest absolute Gasteiger partial charge is 0.369 e. The fourth-order valence-electron chi connectivity index (χ4n) is 4.32. The Kier molecular flexibility index (Phi) is 5.04. The van der Waals surface area contributed by atoms with Gasteiger partial charge in [-0.2, -0.15) is 0 Å². The average molecular weight is 335 g/mol. The van der Waals surface area contributed by atoms with Crippen molar-refractivity contribution >= 4 is 5.69 Å². The summed E-state index contributed by atoms with van der Waals surface area (Å²) in [7, 11) is 0. The van der Waals surface area contributed by atoms with Crippen LogP contribution in [-0.4, -0.2) is 43.2 Å². The molecule has 2 N–H and O–H groups in total. The first-order valence-electron chi connectivity index (χ1n) is 9.70. The van der Waals surface area contributed by atoms with E-state index < -0.39 is 0 Å². The first kappa shape index (κ1) is 16.6. The monoisotopic (exact) mass is 335 g/mol. The molecule has 132 valence electrons. The number of benzene rings is 2. The van der Waals surface area contributed by atoms with Gasteiger partial charge >= 0.3 is 0 Å².